The van der Waals surface area contributed by atoms with Crippen molar-refractivity contribution in [3.8, 4) is 0 Å². The van der Waals surface area contributed by atoms with E-state index >= 15 is 0 Å². The van der Waals surface area contributed by atoms with E-state index in [1.165, 1.54) is 12.4 Å². The van der Waals surface area contributed by atoms with E-state index in [1.54, 1.807) is 6.07 Å². The summed E-state index contributed by atoms with van der Waals surface area (Å²) in [6.07, 6.45) is 5.40. The predicted molar refractivity (Wildman–Crippen MR) is 79.2 cm³/mol. The Labute approximate surface area is 128 Å². The Kier molecular flexibility index (Phi) is 4.15. The molecule has 1 N–H and O–H groups in total. The number of nitrogens with one attached hydrogen (secondary N) is 1. The summed E-state index contributed by atoms with van der Waals surface area (Å²) in [5, 5.41) is 14.6. The maximum atomic E-state index is 12.2. The number of carbonyl (C=O) groups is 1. The van der Waals surface area contributed by atoms with Gasteiger partial charge in [0.1, 0.15) is 11.5 Å². The molecule has 3 rings (SSSR count). The lowest BCUT2D eigenvalue weighted by atomic mass is 9.91. The van der Waals surface area contributed by atoms with Crippen molar-refractivity contribution in [1.29, 1.82) is 0 Å². The van der Waals surface area contributed by atoms with Gasteiger partial charge < -0.3 is 14.7 Å². The Morgan fingerprint density at radius 2 is 2.32 bits per heavy atom. The number of carbonyl (C=O) groups excluding carboxylic acids is 1. The van der Waals surface area contributed by atoms with Crippen molar-refractivity contribution in [3.63, 3.8) is 0 Å². The van der Waals surface area contributed by atoms with Crippen LogP contribution in [-0.2, 0) is 19.4 Å². The standard InChI is InChI=1S/C15H19N5O2/c1-20(2)9-13-12-7-11(3-4-14(12)22-19-13)18-15(21)10-5-6-16-17-8-10/h5-6,8,11H,3-4,7,9H2,1-2H3,(H,18,21). The van der Waals surface area contributed by atoms with Crippen LogP contribution in [0.15, 0.2) is 23.0 Å². The minimum Gasteiger partial charge on any atom is -0.361 e. The Bertz CT molecular complexity index is 653. The first-order chi connectivity index (χ1) is 10.6. The van der Waals surface area contributed by atoms with E-state index in [0.717, 1.165) is 42.8 Å². The van der Waals surface area contributed by atoms with Crippen LogP contribution < -0.4 is 5.32 Å². The molecule has 0 spiro atoms. The summed E-state index contributed by atoms with van der Waals surface area (Å²) in [5.74, 6) is 0.835. The first-order valence-corrected chi connectivity index (χ1v) is 7.32. The van der Waals surface area contributed by atoms with Gasteiger partial charge in [0.05, 0.1) is 18.0 Å². The Hall–Kier alpha value is -2.28. The molecule has 0 aliphatic heterocycles. The monoisotopic (exact) mass is 301 g/mol. The second-order valence-corrected chi connectivity index (χ2v) is 5.81. The van der Waals surface area contributed by atoms with Crippen LogP contribution in [0.2, 0.25) is 0 Å². The second-order valence-electron chi connectivity index (χ2n) is 5.81. The summed E-state index contributed by atoms with van der Waals surface area (Å²) in [6, 6.07) is 1.75. The van der Waals surface area contributed by atoms with Crippen LogP contribution in [0.3, 0.4) is 0 Å². The lowest BCUT2D eigenvalue weighted by Gasteiger charge is -2.23. The number of rotatable bonds is 4. The summed E-state index contributed by atoms with van der Waals surface area (Å²) < 4.78 is 5.42. The average molecular weight is 301 g/mol. The maximum Gasteiger partial charge on any atom is 0.253 e. The van der Waals surface area contributed by atoms with Gasteiger partial charge in [-0.1, -0.05) is 5.16 Å². The molecular formula is C15H19N5O2. The van der Waals surface area contributed by atoms with Crippen molar-refractivity contribution in [2.45, 2.75) is 31.8 Å². The number of aromatic nitrogens is 3. The fraction of sp³-hybridized carbons (Fsp3) is 0.467. The first kappa shape index (κ1) is 14.6. The molecule has 1 unspecified atom stereocenters. The highest BCUT2D eigenvalue weighted by Gasteiger charge is 2.27. The van der Waals surface area contributed by atoms with Crippen molar-refractivity contribution in [3.05, 3.63) is 41.0 Å². The van der Waals surface area contributed by atoms with Gasteiger partial charge in [-0.15, -0.1) is 0 Å². The normalized spacial score (nSPS) is 17.3. The molecular weight excluding hydrogens is 282 g/mol. The van der Waals surface area contributed by atoms with Crippen molar-refractivity contribution in [1.82, 2.24) is 25.6 Å². The van der Waals surface area contributed by atoms with Gasteiger partial charge in [-0.05, 0) is 33.0 Å². The molecule has 0 radical (unpaired) electrons. The lowest BCUT2D eigenvalue weighted by Crippen LogP contribution is -2.39. The minimum atomic E-state index is -0.117. The molecule has 1 aliphatic carbocycles. The van der Waals surface area contributed by atoms with E-state index in [1.807, 2.05) is 14.1 Å². The lowest BCUT2D eigenvalue weighted by molar-refractivity contribution is 0.0932. The average Bonchev–Trinajstić information content (AvgIpc) is 2.90. The molecule has 2 aromatic heterocycles. The van der Waals surface area contributed by atoms with Crippen LogP contribution in [0.1, 0.15) is 33.8 Å². The summed E-state index contributed by atoms with van der Waals surface area (Å²) in [4.78, 5) is 14.3. The van der Waals surface area contributed by atoms with Crippen molar-refractivity contribution in [2.75, 3.05) is 14.1 Å². The highest BCUT2D eigenvalue weighted by Crippen LogP contribution is 2.25. The quantitative estimate of drug-likeness (QED) is 0.900. The van der Waals surface area contributed by atoms with Crippen molar-refractivity contribution < 1.29 is 9.32 Å². The number of aryl methyl sites for hydroxylation is 1. The third-order valence-corrected chi connectivity index (χ3v) is 3.77. The topological polar surface area (TPSA) is 84.2 Å². The summed E-state index contributed by atoms with van der Waals surface area (Å²) >= 11 is 0. The zero-order valence-electron chi connectivity index (χ0n) is 12.7. The zero-order chi connectivity index (χ0) is 15.5. The molecule has 1 atom stereocenters. The summed E-state index contributed by atoms with van der Waals surface area (Å²) in [7, 11) is 4.00. The Balaban J connectivity index is 1.69. The molecule has 1 amide bonds. The van der Waals surface area contributed by atoms with Gasteiger partial charge in [0.25, 0.3) is 5.91 Å². The first-order valence-electron chi connectivity index (χ1n) is 7.32. The molecule has 7 heteroatoms. The van der Waals surface area contributed by atoms with Crippen LogP contribution in [0.4, 0.5) is 0 Å². The van der Waals surface area contributed by atoms with E-state index in [4.69, 9.17) is 4.52 Å². The summed E-state index contributed by atoms with van der Waals surface area (Å²) in [5.41, 5.74) is 2.63. The Morgan fingerprint density at radius 1 is 1.45 bits per heavy atom. The second kappa shape index (κ2) is 6.23. The van der Waals surface area contributed by atoms with Crippen molar-refractivity contribution >= 4 is 5.91 Å². The van der Waals surface area contributed by atoms with E-state index in [0.29, 0.717) is 5.56 Å². The Morgan fingerprint density at radius 3 is 3.05 bits per heavy atom. The molecule has 0 fully saturated rings. The molecule has 2 heterocycles. The molecule has 7 nitrogen and oxygen atoms in total. The van der Waals surface area contributed by atoms with Crippen molar-refractivity contribution in [2.24, 2.45) is 0 Å². The maximum absolute atomic E-state index is 12.2. The number of fused-ring (bicyclic) bond motifs is 1. The van der Waals surface area contributed by atoms with Crippen LogP contribution in [0.5, 0.6) is 0 Å². The van der Waals surface area contributed by atoms with E-state index < -0.39 is 0 Å². The van der Waals surface area contributed by atoms with Crippen LogP contribution in [0, 0.1) is 0 Å². The largest absolute Gasteiger partial charge is 0.361 e. The van der Waals surface area contributed by atoms with Gasteiger partial charge in [-0.25, -0.2) is 0 Å². The molecule has 2 aromatic rings. The van der Waals surface area contributed by atoms with Crippen LogP contribution >= 0.6 is 0 Å². The minimum absolute atomic E-state index is 0.0912. The van der Waals surface area contributed by atoms with Gasteiger partial charge in [-0.3, -0.25) is 4.79 Å². The molecule has 0 aromatic carbocycles. The zero-order valence-corrected chi connectivity index (χ0v) is 12.7. The predicted octanol–water partition coefficient (Wildman–Crippen LogP) is 0.813. The number of amides is 1. The number of hydrogen-bond donors (Lipinski definition) is 1. The van der Waals surface area contributed by atoms with Gasteiger partial charge in [0, 0.05) is 24.6 Å². The van der Waals surface area contributed by atoms with Gasteiger partial charge >= 0.3 is 0 Å². The van der Waals surface area contributed by atoms with Gasteiger partial charge in [-0.2, -0.15) is 10.2 Å². The number of nitrogens with zero attached hydrogens (tertiary/aromatic N) is 4. The summed E-state index contributed by atoms with van der Waals surface area (Å²) in [6.45, 7) is 0.744. The molecule has 0 saturated carbocycles. The van der Waals surface area contributed by atoms with E-state index in [-0.39, 0.29) is 11.9 Å². The van der Waals surface area contributed by atoms with Crippen LogP contribution in [-0.4, -0.2) is 46.3 Å². The molecule has 0 bridgehead atoms. The highest BCUT2D eigenvalue weighted by molar-refractivity contribution is 5.93. The molecule has 1 aliphatic rings. The third-order valence-electron chi connectivity index (χ3n) is 3.77. The molecule has 22 heavy (non-hydrogen) atoms. The highest BCUT2D eigenvalue weighted by atomic mass is 16.5. The molecule has 116 valence electrons. The molecule has 0 saturated heterocycles. The fourth-order valence-electron chi connectivity index (χ4n) is 2.70. The van der Waals surface area contributed by atoms with Crippen LogP contribution in [0.25, 0.3) is 0 Å². The van der Waals surface area contributed by atoms with Gasteiger partial charge in [0.15, 0.2) is 0 Å². The van der Waals surface area contributed by atoms with E-state index in [9.17, 15) is 4.79 Å². The van der Waals surface area contributed by atoms with Gasteiger partial charge in [0.2, 0.25) is 0 Å². The van der Waals surface area contributed by atoms with E-state index in [2.05, 4.69) is 25.6 Å². The smallest absolute Gasteiger partial charge is 0.253 e. The number of hydrogen-bond acceptors (Lipinski definition) is 6. The fourth-order valence-corrected chi connectivity index (χ4v) is 2.70. The SMILES string of the molecule is CN(C)Cc1noc2c1CC(NC(=O)c1ccnnc1)CC2. The third kappa shape index (κ3) is 3.14.